The molecule has 0 amide bonds. The van der Waals surface area contributed by atoms with Crippen molar-refractivity contribution in [3.8, 4) is 0 Å². The van der Waals surface area contributed by atoms with Crippen molar-refractivity contribution >= 4 is 11.5 Å². The average molecular weight is 239 g/mol. The molecular weight excluding hydrogens is 222 g/mol. The van der Waals surface area contributed by atoms with Crippen LogP contribution < -0.4 is 16.6 Å². The van der Waals surface area contributed by atoms with E-state index in [2.05, 4.69) is 27.2 Å². The summed E-state index contributed by atoms with van der Waals surface area (Å²) in [5.74, 6) is 0.408. The van der Waals surface area contributed by atoms with Gasteiger partial charge in [0.15, 0.2) is 5.82 Å². The van der Waals surface area contributed by atoms with Crippen LogP contribution in [0.25, 0.3) is 0 Å². The molecule has 0 saturated carbocycles. The zero-order valence-corrected chi connectivity index (χ0v) is 9.77. The lowest BCUT2D eigenvalue weighted by atomic mass is 10.3. The van der Waals surface area contributed by atoms with Crippen molar-refractivity contribution in [2.45, 2.75) is 6.10 Å². The highest BCUT2D eigenvalue weighted by Crippen LogP contribution is 2.09. The quantitative estimate of drug-likeness (QED) is 0.632. The van der Waals surface area contributed by atoms with E-state index in [1.165, 1.54) is 6.33 Å². The normalized spacial score (nSPS) is 21.4. The van der Waals surface area contributed by atoms with Crippen molar-refractivity contribution in [1.82, 2.24) is 14.9 Å². The van der Waals surface area contributed by atoms with E-state index in [4.69, 9.17) is 10.5 Å². The number of aromatic amines is 1. The summed E-state index contributed by atoms with van der Waals surface area (Å²) in [5, 5.41) is 3.04. The Kier molecular flexibility index (Phi) is 3.60. The van der Waals surface area contributed by atoms with Crippen LogP contribution in [0, 0.1) is 0 Å². The number of nitrogens with zero attached hydrogens (tertiary/aromatic N) is 2. The van der Waals surface area contributed by atoms with Gasteiger partial charge in [-0.3, -0.25) is 4.79 Å². The Morgan fingerprint density at radius 2 is 2.59 bits per heavy atom. The lowest BCUT2D eigenvalue weighted by molar-refractivity contribution is -0.0117. The minimum atomic E-state index is -0.329. The summed E-state index contributed by atoms with van der Waals surface area (Å²) < 4.78 is 5.58. The molecule has 1 aromatic rings. The number of likely N-dealkylation sites (N-methyl/N-ethyl adjacent to an activating group) is 1. The van der Waals surface area contributed by atoms with Gasteiger partial charge in [0.2, 0.25) is 0 Å². The van der Waals surface area contributed by atoms with E-state index < -0.39 is 0 Å². The van der Waals surface area contributed by atoms with Gasteiger partial charge in [-0.1, -0.05) is 0 Å². The number of rotatable bonds is 3. The second-order valence-corrected chi connectivity index (χ2v) is 4.13. The number of ether oxygens (including phenoxy) is 1. The fourth-order valence-corrected chi connectivity index (χ4v) is 1.75. The Morgan fingerprint density at radius 3 is 3.35 bits per heavy atom. The Labute approximate surface area is 99.0 Å². The molecule has 1 aromatic heterocycles. The molecule has 1 unspecified atom stereocenters. The van der Waals surface area contributed by atoms with Crippen LogP contribution in [0.1, 0.15) is 0 Å². The van der Waals surface area contributed by atoms with Gasteiger partial charge >= 0.3 is 0 Å². The van der Waals surface area contributed by atoms with Gasteiger partial charge in [0.1, 0.15) is 5.69 Å². The zero-order valence-electron chi connectivity index (χ0n) is 9.77. The van der Waals surface area contributed by atoms with Crippen LogP contribution in [-0.4, -0.2) is 54.3 Å². The van der Waals surface area contributed by atoms with Crippen LogP contribution >= 0.6 is 0 Å². The van der Waals surface area contributed by atoms with Gasteiger partial charge in [-0.15, -0.1) is 0 Å². The highest BCUT2D eigenvalue weighted by atomic mass is 16.5. The van der Waals surface area contributed by atoms with Gasteiger partial charge in [-0.2, -0.15) is 0 Å². The van der Waals surface area contributed by atoms with E-state index >= 15 is 0 Å². The van der Waals surface area contributed by atoms with Crippen LogP contribution in [0.4, 0.5) is 11.5 Å². The maximum absolute atomic E-state index is 11.2. The molecule has 0 spiro atoms. The number of morpholine rings is 1. The number of nitrogens with one attached hydrogen (secondary N) is 2. The number of hydrogen-bond acceptors (Lipinski definition) is 6. The molecule has 2 rings (SSSR count). The average Bonchev–Trinajstić information content (AvgIpc) is 2.31. The summed E-state index contributed by atoms with van der Waals surface area (Å²) in [6.45, 7) is 3.12. The van der Waals surface area contributed by atoms with Crippen LogP contribution in [0.5, 0.6) is 0 Å². The predicted octanol–water partition coefficient (Wildman–Crippen LogP) is -0.905. The molecule has 2 heterocycles. The maximum atomic E-state index is 11.2. The number of nitrogen functional groups attached to an aromatic ring is 1. The maximum Gasteiger partial charge on any atom is 0.276 e. The molecular formula is C10H17N5O2. The van der Waals surface area contributed by atoms with Gasteiger partial charge in [-0.25, -0.2) is 4.98 Å². The Hall–Kier alpha value is -1.60. The predicted molar refractivity (Wildman–Crippen MR) is 65.0 cm³/mol. The van der Waals surface area contributed by atoms with Crippen molar-refractivity contribution < 1.29 is 4.74 Å². The van der Waals surface area contributed by atoms with Gasteiger partial charge in [0.25, 0.3) is 5.56 Å². The largest absolute Gasteiger partial charge is 0.391 e. The second kappa shape index (κ2) is 5.15. The summed E-state index contributed by atoms with van der Waals surface area (Å²) >= 11 is 0. The molecule has 4 N–H and O–H groups in total. The minimum Gasteiger partial charge on any atom is -0.391 e. The molecule has 0 bridgehead atoms. The van der Waals surface area contributed by atoms with Crippen molar-refractivity contribution in [1.29, 1.82) is 0 Å². The van der Waals surface area contributed by atoms with Crippen LogP contribution in [0.15, 0.2) is 11.1 Å². The molecule has 1 fully saturated rings. The molecule has 7 heteroatoms. The third-order valence-corrected chi connectivity index (χ3v) is 2.73. The monoisotopic (exact) mass is 239 g/mol. The van der Waals surface area contributed by atoms with Crippen molar-refractivity contribution in [3.63, 3.8) is 0 Å². The van der Waals surface area contributed by atoms with Crippen molar-refractivity contribution in [3.05, 3.63) is 16.7 Å². The third kappa shape index (κ3) is 2.95. The third-order valence-electron chi connectivity index (χ3n) is 2.73. The van der Waals surface area contributed by atoms with Gasteiger partial charge in [0.05, 0.1) is 19.0 Å². The van der Waals surface area contributed by atoms with Crippen LogP contribution in [-0.2, 0) is 4.74 Å². The zero-order chi connectivity index (χ0) is 12.3. The molecule has 0 radical (unpaired) electrons. The lowest BCUT2D eigenvalue weighted by Crippen LogP contribution is -2.43. The van der Waals surface area contributed by atoms with E-state index in [1.54, 1.807) is 0 Å². The number of hydrogen-bond donors (Lipinski definition) is 3. The molecule has 1 aliphatic heterocycles. The van der Waals surface area contributed by atoms with Gasteiger partial charge in [-0.05, 0) is 7.05 Å². The smallest absolute Gasteiger partial charge is 0.276 e. The summed E-state index contributed by atoms with van der Waals surface area (Å²) in [7, 11) is 2.05. The second-order valence-electron chi connectivity index (χ2n) is 4.13. The first-order valence-electron chi connectivity index (χ1n) is 5.54. The Balaban J connectivity index is 1.93. The van der Waals surface area contributed by atoms with Gasteiger partial charge < -0.3 is 25.7 Å². The Morgan fingerprint density at radius 1 is 1.76 bits per heavy atom. The molecule has 1 aliphatic rings. The van der Waals surface area contributed by atoms with Crippen LogP contribution in [0.3, 0.4) is 0 Å². The molecule has 0 aromatic carbocycles. The summed E-state index contributed by atoms with van der Waals surface area (Å²) in [5.41, 5.74) is 5.38. The number of anilines is 2. The summed E-state index contributed by atoms with van der Waals surface area (Å²) in [6.07, 6.45) is 1.42. The highest BCUT2D eigenvalue weighted by molar-refractivity contribution is 5.58. The first-order chi connectivity index (χ1) is 8.16. The number of nitrogens with two attached hydrogens (primary N) is 1. The molecule has 7 nitrogen and oxygen atoms in total. The van der Waals surface area contributed by atoms with Crippen molar-refractivity contribution in [2.24, 2.45) is 0 Å². The van der Waals surface area contributed by atoms with Crippen molar-refractivity contribution in [2.75, 3.05) is 44.3 Å². The first kappa shape index (κ1) is 11.9. The number of H-pyrrole nitrogens is 1. The Bertz CT molecular complexity index is 433. The number of aromatic nitrogens is 2. The topological polar surface area (TPSA) is 96.3 Å². The summed E-state index contributed by atoms with van der Waals surface area (Å²) in [4.78, 5) is 19.8. The SMILES string of the molecule is CN1CCOC(CNc2nc[nH]c(=O)c2N)C1. The highest BCUT2D eigenvalue weighted by Gasteiger charge is 2.17. The molecule has 94 valence electrons. The van der Waals surface area contributed by atoms with E-state index in [1.807, 2.05) is 0 Å². The van der Waals surface area contributed by atoms with E-state index in [-0.39, 0.29) is 17.4 Å². The fourth-order valence-electron chi connectivity index (χ4n) is 1.75. The molecule has 1 saturated heterocycles. The van der Waals surface area contributed by atoms with Crippen LogP contribution in [0.2, 0.25) is 0 Å². The standard InChI is InChI=1S/C10H17N5O2/c1-15-2-3-17-7(5-15)4-12-9-8(11)10(16)14-6-13-9/h6-7H,2-5,11H2,1H3,(H2,12,13,14,16). The van der Waals surface area contributed by atoms with E-state index in [0.29, 0.717) is 12.4 Å². The lowest BCUT2D eigenvalue weighted by Gasteiger charge is -2.30. The molecule has 1 atom stereocenters. The summed E-state index contributed by atoms with van der Waals surface area (Å²) in [6, 6.07) is 0. The van der Waals surface area contributed by atoms with Gasteiger partial charge in [0, 0.05) is 19.6 Å². The molecule has 0 aliphatic carbocycles. The fraction of sp³-hybridized carbons (Fsp3) is 0.600. The first-order valence-corrected chi connectivity index (χ1v) is 5.54. The van der Waals surface area contributed by atoms with E-state index in [9.17, 15) is 4.79 Å². The molecule has 17 heavy (non-hydrogen) atoms. The minimum absolute atomic E-state index is 0.0919. The van der Waals surface area contributed by atoms with E-state index in [0.717, 1.165) is 19.7 Å².